The monoisotopic (exact) mass is 266 g/mol. The van der Waals surface area contributed by atoms with E-state index in [1.165, 1.54) is 5.56 Å². The summed E-state index contributed by atoms with van der Waals surface area (Å²) in [5.74, 6) is 0.813. The van der Waals surface area contributed by atoms with Gasteiger partial charge < -0.3 is 10.3 Å². The molecule has 0 aliphatic rings. The zero-order valence-electron chi connectivity index (χ0n) is 11.7. The molecule has 1 aromatic carbocycles. The van der Waals surface area contributed by atoms with Crippen molar-refractivity contribution >= 4 is 17.0 Å². The zero-order chi connectivity index (χ0) is 14.0. The number of para-hydroxylation sites is 2. The van der Waals surface area contributed by atoms with Crippen molar-refractivity contribution in [3.05, 3.63) is 54.4 Å². The lowest BCUT2D eigenvalue weighted by molar-refractivity contribution is 0.554. The lowest BCUT2D eigenvalue weighted by Crippen LogP contribution is -2.27. The highest BCUT2D eigenvalue weighted by atomic mass is 15.1. The number of aromatic amines is 1. The van der Waals surface area contributed by atoms with Crippen molar-refractivity contribution in [1.82, 2.24) is 15.0 Å². The van der Waals surface area contributed by atoms with Crippen LogP contribution in [0.25, 0.3) is 11.0 Å². The van der Waals surface area contributed by atoms with Gasteiger partial charge in [-0.15, -0.1) is 0 Å². The van der Waals surface area contributed by atoms with Crippen LogP contribution in [0.15, 0.2) is 48.8 Å². The van der Waals surface area contributed by atoms with Crippen molar-refractivity contribution in [3.8, 4) is 0 Å². The van der Waals surface area contributed by atoms with Crippen molar-refractivity contribution < 1.29 is 0 Å². The van der Waals surface area contributed by atoms with E-state index in [2.05, 4.69) is 46.2 Å². The van der Waals surface area contributed by atoms with E-state index in [1.807, 2.05) is 36.7 Å². The first-order chi connectivity index (χ1) is 9.65. The number of aromatic nitrogens is 3. The summed E-state index contributed by atoms with van der Waals surface area (Å²) in [5.41, 5.74) is 3.31. The molecule has 0 amide bonds. The van der Waals surface area contributed by atoms with Crippen LogP contribution in [0, 0.1) is 0 Å². The third-order valence-corrected chi connectivity index (χ3v) is 3.55. The minimum atomic E-state index is 0.0158. The van der Waals surface area contributed by atoms with Crippen LogP contribution in [-0.4, -0.2) is 21.5 Å². The van der Waals surface area contributed by atoms with E-state index in [0.29, 0.717) is 0 Å². The number of nitrogens with zero attached hydrogens (tertiary/aromatic N) is 2. The fourth-order valence-electron chi connectivity index (χ4n) is 2.25. The second-order valence-electron chi connectivity index (χ2n) is 5.58. The Balaban J connectivity index is 1.75. The van der Waals surface area contributed by atoms with Crippen molar-refractivity contribution in [2.45, 2.75) is 19.3 Å². The SMILES string of the molecule is CC(C)(CNc1nc2ccccc2[nH]1)c1ccncc1. The molecule has 102 valence electrons. The van der Waals surface area contributed by atoms with Gasteiger partial charge in [0.1, 0.15) is 0 Å². The van der Waals surface area contributed by atoms with Crippen molar-refractivity contribution in [2.24, 2.45) is 0 Å². The van der Waals surface area contributed by atoms with Gasteiger partial charge in [-0.25, -0.2) is 4.98 Å². The standard InChI is InChI=1S/C16H18N4/c1-16(2,12-7-9-17-10-8-12)11-18-15-19-13-5-3-4-6-14(13)20-15/h3-10H,11H2,1-2H3,(H2,18,19,20). The second-order valence-corrected chi connectivity index (χ2v) is 5.58. The van der Waals surface area contributed by atoms with E-state index < -0.39 is 0 Å². The van der Waals surface area contributed by atoms with E-state index in [0.717, 1.165) is 23.5 Å². The molecule has 0 spiro atoms. The van der Waals surface area contributed by atoms with Gasteiger partial charge in [0.2, 0.25) is 5.95 Å². The van der Waals surface area contributed by atoms with Crippen LogP contribution in [0.1, 0.15) is 19.4 Å². The molecule has 0 aliphatic carbocycles. The summed E-state index contributed by atoms with van der Waals surface area (Å²) in [4.78, 5) is 11.9. The highest BCUT2D eigenvalue weighted by Crippen LogP contribution is 2.23. The number of hydrogen-bond donors (Lipinski definition) is 2. The number of hydrogen-bond acceptors (Lipinski definition) is 3. The van der Waals surface area contributed by atoms with Crippen LogP contribution in [0.2, 0.25) is 0 Å². The van der Waals surface area contributed by atoms with Gasteiger partial charge in [-0.05, 0) is 29.8 Å². The molecule has 2 heterocycles. The first-order valence-electron chi connectivity index (χ1n) is 6.74. The molecule has 0 radical (unpaired) electrons. The molecule has 0 fully saturated rings. The highest BCUT2D eigenvalue weighted by Gasteiger charge is 2.20. The normalized spacial score (nSPS) is 11.7. The smallest absolute Gasteiger partial charge is 0.201 e. The second kappa shape index (κ2) is 4.96. The molecule has 20 heavy (non-hydrogen) atoms. The zero-order valence-corrected chi connectivity index (χ0v) is 11.7. The number of benzene rings is 1. The Morgan fingerprint density at radius 1 is 1.10 bits per heavy atom. The topological polar surface area (TPSA) is 53.6 Å². The van der Waals surface area contributed by atoms with Crippen LogP contribution < -0.4 is 5.32 Å². The average Bonchev–Trinajstić information content (AvgIpc) is 2.89. The van der Waals surface area contributed by atoms with Crippen molar-refractivity contribution in [1.29, 1.82) is 0 Å². The summed E-state index contributed by atoms with van der Waals surface area (Å²) in [6.45, 7) is 5.22. The van der Waals surface area contributed by atoms with Crippen LogP contribution >= 0.6 is 0 Å². The number of H-pyrrole nitrogens is 1. The molecule has 3 aromatic rings. The molecule has 4 nitrogen and oxygen atoms in total. The van der Waals surface area contributed by atoms with Crippen LogP contribution in [0.4, 0.5) is 5.95 Å². The molecule has 0 saturated carbocycles. The Morgan fingerprint density at radius 2 is 1.85 bits per heavy atom. The fourth-order valence-corrected chi connectivity index (χ4v) is 2.25. The molecular weight excluding hydrogens is 248 g/mol. The summed E-state index contributed by atoms with van der Waals surface area (Å²) in [6, 6.07) is 12.1. The molecular formula is C16H18N4. The Labute approximate surface area is 118 Å². The van der Waals surface area contributed by atoms with E-state index in [9.17, 15) is 0 Å². The van der Waals surface area contributed by atoms with E-state index >= 15 is 0 Å². The van der Waals surface area contributed by atoms with Crippen LogP contribution in [0.5, 0.6) is 0 Å². The van der Waals surface area contributed by atoms with Gasteiger partial charge in [0, 0.05) is 24.4 Å². The van der Waals surface area contributed by atoms with Gasteiger partial charge in [0.15, 0.2) is 0 Å². The maximum absolute atomic E-state index is 4.53. The Kier molecular flexibility index (Phi) is 3.14. The largest absolute Gasteiger partial charge is 0.355 e. The van der Waals surface area contributed by atoms with Crippen molar-refractivity contribution in [3.63, 3.8) is 0 Å². The molecule has 4 heteroatoms. The van der Waals surface area contributed by atoms with Crippen molar-refractivity contribution in [2.75, 3.05) is 11.9 Å². The highest BCUT2D eigenvalue weighted by molar-refractivity contribution is 5.77. The van der Waals surface area contributed by atoms with Gasteiger partial charge >= 0.3 is 0 Å². The number of imidazole rings is 1. The van der Waals surface area contributed by atoms with Crippen LogP contribution in [0.3, 0.4) is 0 Å². The number of nitrogens with one attached hydrogen (secondary N) is 2. The molecule has 0 unspecified atom stereocenters. The van der Waals surface area contributed by atoms with E-state index in [-0.39, 0.29) is 5.41 Å². The summed E-state index contributed by atoms with van der Waals surface area (Å²) >= 11 is 0. The van der Waals surface area contributed by atoms with Gasteiger partial charge in [-0.1, -0.05) is 26.0 Å². The lowest BCUT2D eigenvalue weighted by atomic mass is 9.85. The first kappa shape index (κ1) is 12.7. The molecule has 2 aromatic heterocycles. The Morgan fingerprint density at radius 3 is 2.60 bits per heavy atom. The molecule has 3 rings (SSSR count). The van der Waals surface area contributed by atoms with Crippen LogP contribution in [-0.2, 0) is 5.41 Å². The first-order valence-corrected chi connectivity index (χ1v) is 6.74. The predicted molar refractivity (Wildman–Crippen MR) is 81.8 cm³/mol. The molecule has 0 atom stereocenters. The summed E-state index contributed by atoms with van der Waals surface area (Å²) < 4.78 is 0. The molecule has 0 aliphatic heterocycles. The number of anilines is 1. The average molecular weight is 266 g/mol. The maximum atomic E-state index is 4.53. The predicted octanol–water partition coefficient (Wildman–Crippen LogP) is 3.35. The van der Waals surface area contributed by atoms with Gasteiger partial charge in [0.05, 0.1) is 11.0 Å². The quantitative estimate of drug-likeness (QED) is 0.761. The third kappa shape index (κ3) is 2.50. The van der Waals surface area contributed by atoms with Gasteiger partial charge in [0.25, 0.3) is 0 Å². The molecule has 2 N–H and O–H groups in total. The number of pyridine rings is 1. The molecule has 0 bridgehead atoms. The minimum Gasteiger partial charge on any atom is -0.355 e. The minimum absolute atomic E-state index is 0.0158. The summed E-state index contributed by atoms with van der Waals surface area (Å²) in [7, 11) is 0. The van der Waals surface area contributed by atoms with E-state index in [4.69, 9.17) is 0 Å². The number of rotatable bonds is 4. The Hall–Kier alpha value is -2.36. The summed E-state index contributed by atoms with van der Waals surface area (Å²) in [5, 5.41) is 3.39. The fraction of sp³-hybridized carbons (Fsp3) is 0.250. The molecule has 0 saturated heterocycles. The Bertz CT molecular complexity index is 668. The number of fused-ring (bicyclic) bond motifs is 1. The van der Waals surface area contributed by atoms with Gasteiger partial charge in [-0.2, -0.15) is 0 Å². The maximum Gasteiger partial charge on any atom is 0.201 e. The van der Waals surface area contributed by atoms with Gasteiger partial charge in [-0.3, -0.25) is 4.98 Å². The summed E-state index contributed by atoms with van der Waals surface area (Å²) in [6.07, 6.45) is 3.66. The third-order valence-electron chi connectivity index (χ3n) is 3.55. The lowest BCUT2D eigenvalue weighted by Gasteiger charge is -2.25. The van der Waals surface area contributed by atoms with E-state index in [1.54, 1.807) is 0 Å².